The number of nitrogens with one attached hydrogen (secondary N) is 2. The van der Waals surface area contributed by atoms with Crippen LogP contribution in [-0.4, -0.2) is 48.4 Å². The molecule has 0 aromatic rings. The number of carbonyl (C=O) groups excluding carboxylic acids is 2. The fourth-order valence-electron chi connectivity index (χ4n) is 1.99. The van der Waals surface area contributed by atoms with Gasteiger partial charge in [0.05, 0.1) is 12.5 Å². The minimum absolute atomic E-state index is 0.0568. The van der Waals surface area contributed by atoms with Crippen molar-refractivity contribution in [2.24, 2.45) is 0 Å². The van der Waals surface area contributed by atoms with Crippen molar-refractivity contribution < 1.29 is 9.59 Å². The van der Waals surface area contributed by atoms with Crippen molar-refractivity contribution in [1.82, 2.24) is 15.5 Å². The van der Waals surface area contributed by atoms with Gasteiger partial charge in [-0.25, -0.2) is 0 Å². The van der Waals surface area contributed by atoms with E-state index in [0.717, 1.165) is 6.54 Å². The van der Waals surface area contributed by atoms with Gasteiger partial charge in [0.1, 0.15) is 0 Å². The van der Waals surface area contributed by atoms with Gasteiger partial charge in [-0.3, -0.25) is 14.5 Å². The van der Waals surface area contributed by atoms with Gasteiger partial charge in [0.2, 0.25) is 11.8 Å². The van der Waals surface area contributed by atoms with E-state index in [1.807, 2.05) is 13.8 Å². The molecule has 0 saturated carbocycles. The first-order chi connectivity index (χ1) is 8.06. The SMILES string of the molecule is C=CCNC(=O)C[C@@H]1C(=O)NCCN1C(C)C. The lowest BCUT2D eigenvalue weighted by Gasteiger charge is -2.37. The van der Waals surface area contributed by atoms with E-state index >= 15 is 0 Å². The number of piperazine rings is 1. The molecule has 1 atom stereocenters. The molecule has 96 valence electrons. The van der Waals surface area contributed by atoms with E-state index in [-0.39, 0.29) is 30.3 Å². The van der Waals surface area contributed by atoms with Gasteiger partial charge in [-0.15, -0.1) is 6.58 Å². The van der Waals surface area contributed by atoms with E-state index < -0.39 is 0 Å². The van der Waals surface area contributed by atoms with E-state index in [1.54, 1.807) is 6.08 Å². The van der Waals surface area contributed by atoms with Crippen LogP contribution in [0.3, 0.4) is 0 Å². The Morgan fingerprint density at radius 1 is 1.71 bits per heavy atom. The third kappa shape index (κ3) is 3.85. The summed E-state index contributed by atoms with van der Waals surface area (Å²) in [7, 11) is 0. The first-order valence-electron chi connectivity index (χ1n) is 5.97. The monoisotopic (exact) mass is 239 g/mol. The van der Waals surface area contributed by atoms with Crippen molar-refractivity contribution in [1.29, 1.82) is 0 Å². The van der Waals surface area contributed by atoms with Crippen LogP contribution in [0.5, 0.6) is 0 Å². The summed E-state index contributed by atoms with van der Waals surface area (Å²) in [6, 6.07) is -0.0909. The van der Waals surface area contributed by atoms with Gasteiger partial charge in [-0.2, -0.15) is 0 Å². The van der Waals surface area contributed by atoms with Crippen LogP contribution in [0, 0.1) is 0 Å². The summed E-state index contributed by atoms with van der Waals surface area (Å²) in [6.07, 6.45) is 1.83. The fraction of sp³-hybridized carbons (Fsp3) is 0.667. The fourth-order valence-corrected chi connectivity index (χ4v) is 1.99. The molecule has 5 nitrogen and oxygen atoms in total. The molecule has 0 aromatic carbocycles. The Morgan fingerprint density at radius 3 is 3.00 bits per heavy atom. The van der Waals surface area contributed by atoms with Gasteiger partial charge in [-0.05, 0) is 13.8 Å². The molecule has 0 radical (unpaired) electrons. The maximum absolute atomic E-state index is 11.8. The first-order valence-corrected chi connectivity index (χ1v) is 5.97. The predicted octanol–water partition coefficient (Wildman–Crippen LogP) is -0.112. The van der Waals surface area contributed by atoms with Crippen LogP contribution in [0.15, 0.2) is 12.7 Å². The van der Waals surface area contributed by atoms with Crippen LogP contribution >= 0.6 is 0 Å². The summed E-state index contributed by atoms with van der Waals surface area (Å²) in [5, 5.41) is 5.49. The molecule has 2 N–H and O–H groups in total. The largest absolute Gasteiger partial charge is 0.353 e. The predicted molar refractivity (Wildman–Crippen MR) is 66.5 cm³/mol. The van der Waals surface area contributed by atoms with E-state index in [1.165, 1.54) is 0 Å². The lowest BCUT2D eigenvalue weighted by atomic mass is 10.1. The Balaban J connectivity index is 2.59. The molecule has 17 heavy (non-hydrogen) atoms. The normalized spacial score (nSPS) is 21.1. The van der Waals surface area contributed by atoms with Gasteiger partial charge in [-0.1, -0.05) is 6.08 Å². The number of hydrogen-bond acceptors (Lipinski definition) is 3. The average molecular weight is 239 g/mol. The van der Waals surface area contributed by atoms with Crippen LogP contribution in [0.4, 0.5) is 0 Å². The molecule has 1 fully saturated rings. The third-order valence-electron chi connectivity index (χ3n) is 2.86. The summed E-state index contributed by atoms with van der Waals surface area (Å²) < 4.78 is 0. The summed E-state index contributed by atoms with van der Waals surface area (Å²) in [5.41, 5.74) is 0. The van der Waals surface area contributed by atoms with Crippen molar-refractivity contribution in [3.63, 3.8) is 0 Å². The molecular formula is C12H21N3O2. The third-order valence-corrected chi connectivity index (χ3v) is 2.86. The van der Waals surface area contributed by atoms with Crippen LogP contribution in [0.2, 0.25) is 0 Å². The van der Waals surface area contributed by atoms with Crippen LogP contribution in [-0.2, 0) is 9.59 Å². The Labute approximate surface area is 102 Å². The second-order valence-electron chi connectivity index (χ2n) is 4.44. The molecule has 0 spiro atoms. The van der Waals surface area contributed by atoms with Gasteiger partial charge >= 0.3 is 0 Å². The standard InChI is InChI=1S/C12H21N3O2/c1-4-5-13-11(16)8-10-12(17)14-6-7-15(10)9(2)3/h4,9-10H,1,5-8H2,2-3H3,(H,13,16)(H,14,17)/t10-/m1/s1. The van der Waals surface area contributed by atoms with Crippen LogP contribution < -0.4 is 10.6 Å². The first kappa shape index (κ1) is 13.7. The Bertz CT molecular complexity index is 302. The summed E-state index contributed by atoms with van der Waals surface area (Å²) >= 11 is 0. The second-order valence-corrected chi connectivity index (χ2v) is 4.44. The maximum atomic E-state index is 11.8. The van der Waals surface area contributed by atoms with Gasteiger partial charge in [0, 0.05) is 25.7 Å². The molecule has 0 aromatic heterocycles. The van der Waals surface area contributed by atoms with E-state index in [4.69, 9.17) is 0 Å². The highest BCUT2D eigenvalue weighted by Crippen LogP contribution is 2.12. The van der Waals surface area contributed by atoms with Crippen molar-refractivity contribution in [3.05, 3.63) is 12.7 Å². The number of hydrogen-bond donors (Lipinski definition) is 2. The minimum Gasteiger partial charge on any atom is -0.353 e. The smallest absolute Gasteiger partial charge is 0.237 e. The summed E-state index contributed by atoms with van der Waals surface area (Å²) in [4.78, 5) is 25.4. The van der Waals surface area contributed by atoms with Crippen LogP contribution in [0.1, 0.15) is 20.3 Å². The van der Waals surface area contributed by atoms with Gasteiger partial charge in [0.25, 0.3) is 0 Å². The van der Waals surface area contributed by atoms with Crippen molar-refractivity contribution >= 4 is 11.8 Å². The number of amides is 2. The van der Waals surface area contributed by atoms with Crippen molar-refractivity contribution in [3.8, 4) is 0 Å². The molecule has 1 saturated heterocycles. The molecule has 0 bridgehead atoms. The zero-order valence-corrected chi connectivity index (χ0v) is 10.5. The molecule has 2 amide bonds. The topological polar surface area (TPSA) is 61.4 Å². The highest BCUT2D eigenvalue weighted by atomic mass is 16.2. The zero-order valence-electron chi connectivity index (χ0n) is 10.5. The van der Waals surface area contributed by atoms with Gasteiger partial charge in [0.15, 0.2) is 0 Å². The van der Waals surface area contributed by atoms with Crippen molar-refractivity contribution in [2.75, 3.05) is 19.6 Å². The highest BCUT2D eigenvalue weighted by molar-refractivity contribution is 5.88. The zero-order chi connectivity index (χ0) is 12.8. The van der Waals surface area contributed by atoms with E-state index in [0.29, 0.717) is 13.1 Å². The maximum Gasteiger partial charge on any atom is 0.237 e. The highest BCUT2D eigenvalue weighted by Gasteiger charge is 2.32. The second kappa shape index (κ2) is 6.39. The molecular weight excluding hydrogens is 218 g/mol. The Hall–Kier alpha value is -1.36. The molecule has 0 unspecified atom stereocenters. The quantitative estimate of drug-likeness (QED) is 0.658. The lowest BCUT2D eigenvalue weighted by Crippen LogP contribution is -2.58. The molecule has 1 aliphatic rings. The van der Waals surface area contributed by atoms with E-state index in [9.17, 15) is 9.59 Å². The van der Waals surface area contributed by atoms with Crippen LogP contribution in [0.25, 0.3) is 0 Å². The Morgan fingerprint density at radius 2 is 2.41 bits per heavy atom. The summed E-state index contributed by atoms with van der Waals surface area (Å²) in [6.45, 7) is 9.49. The Kier molecular flexibility index (Phi) is 5.15. The minimum atomic E-state index is -0.353. The molecule has 5 heteroatoms. The van der Waals surface area contributed by atoms with E-state index in [2.05, 4.69) is 22.1 Å². The van der Waals surface area contributed by atoms with Crippen molar-refractivity contribution in [2.45, 2.75) is 32.4 Å². The number of nitrogens with zero attached hydrogens (tertiary/aromatic N) is 1. The van der Waals surface area contributed by atoms with Gasteiger partial charge < -0.3 is 10.6 Å². The summed E-state index contributed by atoms with van der Waals surface area (Å²) in [5.74, 6) is -0.170. The molecule has 0 aliphatic carbocycles. The number of rotatable bonds is 5. The average Bonchev–Trinajstić information content (AvgIpc) is 2.28. The molecule has 1 heterocycles. The number of carbonyl (C=O) groups is 2. The molecule has 1 aliphatic heterocycles. The molecule has 1 rings (SSSR count). The lowest BCUT2D eigenvalue weighted by molar-refractivity contribution is -0.134.